The smallest absolute Gasteiger partial charge is 0.332 e. The van der Waals surface area contributed by atoms with Gasteiger partial charge in [-0.3, -0.25) is 18.7 Å². The second-order valence-electron chi connectivity index (χ2n) is 7.22. The molecule has 0 spiro atoms. The van der Waals surface area contributed by atoms with Crippen molar-refractivity contribution in [3.05, 3.63) is 91.1 Å². The maximum Gasteiger partial charge on any atom is 0.332 e. The average Bonchev–Trinajstić information content (AvgIpc) is 2.75. The van der Waals surface area contributed by atoms with Crippen LogP contribution in [-0.2, 0) is 25.5 Å². The van der Waals surface area contributed by atoms with Gasteiger partial charge in [0.05, 0.1) is 5.56 Å². The van der Waals surface area contributed by atoms with Gasteiger partial charge in [0.25, 0.3) is 5.56 Å². The van der Waals surface area contributed by atoms with Crippen molar-refractivity contribution < 1.29 is 9.53 Å². The Balaban J connectivity index is 1.64. The Hall–Kier alpha value is -3.32. The highest BCUT2D eigenvalue weighted by Gasteiger charge is 2.32. The zero-order valence-electron chi connectivity index (χ0n) is 16.5. The first-order valence-electron chi connectivity index (χ1n) is 9.42. The maximum absolute atomic E-state index is 12.8. The molecule has 0 saturated carbocycles. The summed E-state index contributed by atoms with van der Waals surface area (Å²) in [6, 6.07) is 14.7. The van der Waals surface area contributed by atoms with Gasteiger partial charge < -0.3 is 10.1 Å². The lowest BCUT2D eigenvalue weighted by molar-refractivity contribution is -0.116. The van der Waals surface area contributed by atoms with Gasteiger partial charge in [0, 0.05) is 37.0 Å². The molecule has 0 fully saturated rings. The molecule has 7 nitrogen and oxygen atoms in total. The van der Waals surface area contributed by atoms with E-state index in [1.807, 2.05) is 36.4 Å². The molecule has 0 saturated heterocycles. The Kier molecular flexibility index (Phi) is 5.22. The van der Waals surface area contributed by atoms with Crippen LogP contribution in [0.2, 0.25) is 5.02 Å². The Morgan fingerprint density at radius 1 is 1.03 bits per heavy atom. The summed E-state index contributed by atoms with van der Waals surface area (Å²) in [6.07, 6.45) is 0.125. The van der Waals surface area contributed by atoms with Crippen LogP contribution in [0, 0.1) is 0 Å². The number of carbonyl (C=O) groups is 1. The summed E-state index contributed by atoms with van der Waals surface area (Å²) in [6.45, 7) is 0.330. The fraction of sp³-hybridized carbons (Fsp3) is 0.227. The molecular weight excluding hydrogens is 406 g/mol. The number of rotatable bonds is 4. The van der Waals surface area contributed by atoms with Crippen LogP contribution < -0.4 is 21.3 Å². The maximum atomic E-state index is 12.8. The summed E-state index contributed by atoms with van der Waals surface area (Å²) >= 11 is 6.16. The van der Waals surface area contributed by atoms with Gasteiger partial charge in [0.1, 0.15) is 18.2 Å². The van der Waals surface area contributed by atoms with Crippen LogP contribution in [0.3, 0.4) is 0 Å². The van der Waals surface area contributed by atoms with Gasteiger partial charge in [-0.05, 0) is 23.8 Å². The highest BCUT2D eigenvalue weighted by atomic mass is 35.5. The van der Waals surface area contributed by atoms with E-state index in [0.717, 1.165) is 15.7 Å². The first kappa shape index (κ1) is 20.0. The predicted octanol–water partition coefficient (Wildman–Crippen LogP) is 2.79. The van der Waals surface area contributed by atoms with Gasteiger partial charge in [0.2, 0.25) is 5.91 Å². The van der Waals surface area contributed by atoms with Crippen LogP contribution in [-0.4, -0.2) is 15.0 Å². The SMILES string of the molecule is Cn1c2c(c(=O)n(C)c1=O)C(c1ccc(OCc3ccccc3Cl)cc1)CC(=O)N2. The molecule has 1 amide bonds. The summed E-state index contributed by atoms with van der Waals surface area (Å²) in [5.74, 6) is 0.211. The number of benzene rings is 2. The summed E-state index contributed by atoms with van der Waals surface area (Å²) in [5, 5.41) is 3.30. The van der Waals surface area contributed by atoms with Gasteiger partial charge in [-0.1, -0.05) is 41.9 Å². The molecule has 1 unspecified atom stereocenters. The minimum absolute atomic E-state index is 0.125. The highest BCUT2D eigenvalue weighted by Crippen LogP contribution is 2.34. The van der Waals surface area contributed by atoms with Crippen molar-refractivity contribution in [1.29, 1.82) is 0 Å². The number of halogens is 1. The van der Waals surface area contributed by atoms with Gasteiger partial charge in [-0.2, -0.15) is 0 Å². The summed E-state index contributed by atoms with van der Waals surface area (Å²) in [7, 11) is 2.97. The molecule has 4 rings (SSSR count). The van der Waals surface area contributed by atoms with Crippen LogP contribution in [0.1, 0.15) is 29.0 Å². The van der Waals surface area contributed by atoms with Crippen molar-refractivity contribution in [2.24, 2.45) is 14.1 Å². The van der Waals surface area contributed by atoms with E-state index in [0.29, 0.717) is 22.9 Å². The lowest BCUT2D eigenvalue weighted by atomic mass is 9.86. The molecule has 1 N–H and O–H groups in total. The number of aromatic nitrogens is 2. The average molecular weight is 426 g/mol. The fourth-order valence-corrected chi connectivity index (χ4v) is 3.85. The monoisotopic (exact) mass is 425 g/mol. The third-order valence-corrected chi connectivity index (χ3v) is 5.70. The van der Waals surface area contributed by atoms with Crippen LogP contribution in [0.15, 0.2) is 58.1 Å². The van der Waals surface area contributed by atoms with Crippen molar-refractivity contribution in [2.75, 3.05) is 5.32 Å². The Labute approximate surface area is 177 Å². The van der Waals surface area contributed by atoms with Gasteiger partial charge in [-0.25, -0.2) is 4.79 Å². The van der Waals surface area contributed by atoms with E-state index < -0.39 is 17.2 Å². The topological polar surface area (TPSA) is 82.3 Å². The molecule has 1 aliphatic rings. The number of amides is 1. The number of nitrogens with zero attached hydrogens (tertiary/aromatic N) is 2. The molecule has 1 aromatic heterocycles. The predicted molar refractivity (Wildman–Crippen MR) is 114 cm³/mol. The fourth-order valence-electron chi connectivity index (χ4n) is 3.66. The molecule has 1 atom stereocenters. The van der Waals surface area contributed by atoms with E-state index >= 15 is 0 Å². The Bertz CT molecular complexity index is 1240. The molecule has 0 radical (unpaired) electrons. The summed E-state index contributed by atoms with van der Waals surface area (Å²) in [4.78, 5) is 37.3. The van der Waals surface area contributed by atoms with Crippen LogP contribution in [0.5, 0.6) is 5.75 Å². The third kappa shape index (κ3) is 3.52. The van der Waals surface area contributed by atoms with Crippen LogP contribution >= 0.6 is 11.6 Å². The lowest BCUT2D eigenvalue weighted by Crippen LogP contribution is -2.44. The minimum Gasteiger partial charge on any atom is -0.489 e. The number of nitrogens with one attached hydrogen (secondary N) is 1. The molecule has 154 valence electrons. The van der Waals surface area contributed by atoms with Crippen molar-refractivity contribution in [3.63, 3.8) is 0 Å². The molecule has 0 bridgehead atoms. The first-order chi connectivity index (χ1) is 14.4. The number of hydrogen-bond donors (Lipinski definition) is 1. The molecular formula is C22H20ClN3O4. The molecule has 2 aromatic carbocycles. The standard InChI is InChI=1S/C22H20ClN3O4/c1-25-20-19(21(28)26(2)22(25)29)16(11-18(27)24-20)13-7-9-15(10-8-13)30-12-14-5-3-4-6-17(14)23/h3-10,16H,11-12H2,1-2H3,(H,24,27). The number of anilines is 1. The van der Waals surface area contributed by atoms with E-state index in [2.05, 4.69) is 5.32 Å². The summed E-state index contributed by atoms with van der Waals surface area (Å²) < 4.78 is 8.16. The van der Waals surface area contributed by atoms with Crippen molar-refractivity contribution >= 4 is 23.3 Å². The van der Waals surface area contributed by atoms with E-state index in [-0.39, 0.29) is 18.1 Å². The second-order valence-corrected chi connectivity index (χ2v) is 7.63. The molecule has 1 aliphatic heterocycles. The van der Waals surface area contributed by atoms with Crippen molar-refractivity contribution in [3.8, 4) is 5.75 Å². The third-order valence-electron chi connectivity index (χ3n) is 5.33. The first-order valence-corrected chi connectivity index (χ1v) is 9.80. The van der Waals surface area contributed by atoms with Crippen molar-refractivity contribution in [1.82, 2.24) is 9.13 Å². The quantitative estimate of drug-likeness (QED) is 0.696. The Morgan fingerprint density at radius 2 is 1.73 bits per heavy atom. The highest BCUT2D eigenvalue weighted by molar-refractivity contribution is 6.31. The Morgan fingerprint density at radius 3 is 2.43 bits per heavy atom. The minimum atomic E-state index is -0.483. The zero-order valence-corrected chi connectivity index (χ0v) is 17.3. The molecule has 2 heterocycles. The number of ether oxygens (including phenoxy) is 1. The van der Waals surface area contributed by atoms with Crippen LogP contribution in [0.25, 0.3) is 0 Å². The van der Waals surface area contributed by atoms with E-state index in [1.54, 1.807) is 12.1 Å². The molecule has 30 heavy (non-hydrogen) atoms. The zero-order chi connectivity index (χ0) is 21.4. The number of fused-ring (bicyclic) bond motifs is 1. The van der Waals surface area contributed by atoms with E-state index in [4.69, 9.17) is 16.3 Å². The molecule has 3 aromatic rings. The normalized spacial score (nSPS) is 15.4. The van der Waals surface area contributed by atoms with E-state index in [9.17, 15) is 14.4 Å². The van der Waals surface area contributed by atoms with Gasteiger partial charge in [-0.15, -0.1) is 0 Å². The van der Waals surface area contributed by atoms with Gasteiger partial charge >= 0.3 is 5.69 Å². The van der Waals surface area contributed by atoms with Gasteiger partial charge in [0.15, 0.2) is 0 Å². The van der Waals surface area contributed by atoms with Crippen LogP contribution in [0.4, 0.5) is 5.82 Å². The molecule has 0 aliphatic carbocycles. The van der Waals surface area contributed by atoms with Crippen molar-refractivity contribution in [2.45, 2.75) is 18.9 Å². The largest absolute Gasteiger partial charge is 0.489 e. The lowest BCUT2D eigenvalue weighted by Gasteiger charge is -2.27. The molecule has 8 heteroatoms. The number of carbonyl (C=O) groups excluding carboxylic acids is 1. The summed E-state index contributed by atoms with van der Waals surface area (Å²) in [5.41, 5.74) is 1.20. The number of hydrogen-bond acceptors (Lipinski definition) is 4. The second kappa shape index (κ2) is 7.84. The van der Waals surface area contributed by atoms with E-state index in [1.165, 1.54) is 18.7 Å².